The van der Waals surface area contributed by atoms with Crippen LogP contribution in [0.3, 0.4) is 0 Å². The monoisotopic (exact) mass is 201 g/mol. The van der Waals surface area contributed by atoms with E-state index in [2.05, 4.69) is 12.2 Å². The molecule has 84 valence electrons. The van der Waals surface area contributed by atoms with Gasteiger partial charge in [0.25, 0.3) is 0 Å². The van der Waals surface area contributed by atoms with E-state index in [-0.39, 0.29) is 0 Å². The number of rotatable bonds is 6. The van der Waals surface area contributed by atoms with Gasteiger partial charge in [-0.3, -0.25) is 0 Å². The van der Waals surface area contributed by atoms with Crippen molar-refractivity contribution in [2.45, 2.75) is 32.8 Å². The number of hydrogen-bond acceptors (Lipinski definition) is 3. The van der Waals surface area contributed by atoms with Gasteiger partial charge in [-0.1, -0.05) is 6.92 Å². The van der Waals surface area contributed by atoms with Gasteiger partial charge in [-0.05, 0) is 32.2 Å². The van der Waals surface area contributed by atoms with E-state index in [4.69, 9.17) is 9.47 Å². The highest BCUT2D eigenvalue weighted by atomic mass is 16.5. The van der Waals surface area contributed by atoms with E-state index in [1.165, 1.54) is 6.42 Å². The molecule has 0 spiro atoms. The van der Waals surface area contributed by atoms with Crippen molar-refractivity contribution in [3.05, 3.63) is 0 Å². The van der Waals surface area contributed by atoms with Gasteiger partial charge in [-0.15, -0.1) is 0 Å². The molecular formula is C11H23NO2. The zero-order valence-corrected chi connectivity index (χ0v) is 9.42. The van der Waals surface area contributed by atoms with Crippen molar-refractivity contribution < 1.29 is 9.47 Å². The zero-order valence-electron chi connectivity index (χ0n) is 9.42. The van der Waals surface area contributed by atoms with Gasteiger partial charge in [0.05, 0.1) is 6.10 Å². The fraction of sp³-hybridized carbons (Fsp3) is 1.00. The first-order chi connectivity index (χ1) is 6.84. The van der Waals surface area contributed by atoms with E-state index in [0.717, 1.165) is 39.3 Å². The SMILES string of the molecule is CCOCCCOC1CNCCC1C. The molecular weight excluding hydrogens is 178 g/mol. The summed E-state index contributed by atoms with van der Waals surface area (Å²) in [7, 11) is 0. The van der Waals surface area contributed by atoms with E-state index < -0.39 is 0 Å². The summed E-state index contributed by atoms with van der Waals surface area (Å²) in [5.41, 5.74) is 0. The summed E-state index contributed by atoms with van der Waals surface area (Å²) in [4.78, 5) is 0. The van der Waals surface area contributed by atoms with Crippen LogP contribution in [0, 0.1) is 5.92 Å². The lowest BCUT2D eigenvalue weighted by Crippen LogP contribution is -2.41. The molecule has 0 radical (unpaired) electrons. The van der Waals surface area contributed by atoms with Crippen LogP contribution in [-0.4, -0.2) is 39.0 Å². The Bertz CT molecular complexity index is 141. The van der Waals surface area contributed by atoms with E-state index >= 15 is 0 Å². The highest BCUT2D eigenvalue weighted by Crippen LogP contribution is 2.14. The molecule has 0 saturated carbocycles. The molecule has 2 unspecified atom stereocenters. The molecule has 1 aliphatic heterocycles. The van der Waals surface area contributed by atoms with Crippen LogP contribution < -0.4 is 5.32 Å². The molecule has 1 aliphatic rings. The van der Waals surface area contributed by atoms with Crippen LogP contribution in [0.4, 0.5) is 0 Å². The number of nitrogens with one attached hydrogen (secondary N) is 1. The average Bonchev–Trinajstić information content (AvgIpc) is 2.20. The minimum atomic E-state index is 0.408. The normalized spacial score (nSPS) is 27.9. The van der Waals surface area contributed by atoms with Crippen LogP contribution in [0.1, 0.15) is 26.7 Å². The standard InChI is InChI=1S/C11H23NO2/c1-3-13-7-4-8-14-11-9-12-6-5-10(11)2/h10-12H,3-9H2,1-2H3. The Balaban J connectivity index is 1.99. The van der Waals surface area contributed by atoms with E-state index in [1.807, 2.05) is 6.92 Å². The van der Waals surface area contributed by atoms with Crippen LogP contribution in [0.2, 0.25) is 0 Å². The smallest absolute Gasteiger partial charge is 0.0725 e. The minimum absolute atomic E-state index is 0.408. The largest absolute Gasteiger partial charge is 0.382 e. The second-order valence-corrected chi connectivity index (χ2v) is 3.93. The molecule has 0 aromatic rings. The van der Waals surface area contributed by atoms with Crippen LogP contribution in [0.5, 0.6) is 0 Å². The summed E-state index contributed by atoms with van der Waals surface area (Å²) in [6, 6.07) is 0. The molecule has 0 aliphatic carbocycles. The Morgan fingerprint density at radius 1 is 1.36 bits per heavy atom. The molecule has 0 bridgehead atoms. The zero-order chi connectivity index (χ0) is 10.2. The average molecular weight is 201 g/mol. The molecule has 0 aromatic heterocycles. The van der Waals surface area contributed by atoms with Crippen molar-refractivity contribution in [3.8, 4) is 0 Å². The van der Waals surface area contributed by atoms with Crippen molar-refractivity contribution in [3.63, 3.8) is 0 Å². The Kier molecular flexibility index (Phi) is 6.15. The first kappa shape index (κ1) is 12.0. The third-order valence-corrected chi connectivity index (χ3v) is 2.73. The third-order valence-electron chi connectivity index (χ3n) is 2.73. The lowest BCUT2D eigenvalue weighted by atomic mass is 9.97. The van der Waals surface area contributed by atoms with Crippen LogP contribution >= 0.6 is 0 Å². The second-order valence-electron chi connectivity index (χ2n) is 3.93. The topological polar surface area (TPSA) is 30.5 Å². The summed E-state index contributed by atoms with van der Waals surface area (Å²) in [5.74, 6) is 0.698. The van der Waals surface area contributed by atoms with Gasteiger partial charge in [-0.2, -0.15) is 0 Å². The fourth-order valence-corrected chi connectivity index (χ4v) is 1.72. The predicted octanol–water partition coefficient (Wildman–Crippen LogP) is 1.43. The second kappa shape index (κ2) is 7.21. The Labute approximate surface area is 87.2 Å². The quantitative estimate of drug-likeness (QED) is 0.659. The molecule has 1 N–H and O–H groups in total. The highest BCUT2D eigenvalue weighted by molar-refractivity contribution is 4.75. The number of ether oxygens (including phenoxy) is 2. The molecule has 3 heteroatoms. The third kappa shape index (κ3) is 4.40. The van der Waals surface area contributed by atoms with Gasteiger partial charge in [0.2, 0.25) is 0 Å². The number of hydrogen-bond donors (Lipinski definition) is 1. The first-order valence-electron chi connectivity index (χ1n) is 5.74. The molecule has 1 fully saturated rings. The van der Waals surface area contributed by atoms with Gasteiger partial charge in [-0.25, -0.2) is 0 Å². The predicted molar refractivity (Wildman–Crippen MR) is 57.5 cm³/mol. The van der Waals surface area contributed by atoms with Crippen LogP contribution in [0.15, 0.2) is 0 Å². The number of piperidine rings is 1. The summed E-state index contributed by atoms with van der Waals surface area (Å²) in [6.45, 7) is 8.90. The molecule has 0 aromatic carbocycles. The van der Waals surface area contributed by atoms with Gasteiger partial charge in [0.1, 0.15) is 0 Å². The summed E-state index contributed by atoms with van der Waals surface area (Å²) >= 11 is 0. The first-order valence-corrected chi connectivity index (χ1v) is 5.74. The van der Waals surface area contributed by atoms with Crippen molar-refractivity contribution in [2.75, 3.05) is 32.9 Å². The Morgan fingerprint density at radius 3 is 2.93 bits per heavy atom. The minimum Gasteiger partial charge on any atom is -0.382 e. The molecule has 1 saturated heterocycles. The maximum Gasteiger partial charge on any atom is 0.0725 e. The molecule has 2 atom stereocenters. The maximum atomic E-state index is 5.80. The van der Waals surface area contributed by atoms with Crippen molar-refractivity contribution in [1.29, 1.82) is 0 Å². The van der Waals surface area contributed by atoms with Crippen molar-refractivity contribution >= 4 is 0 Å². The molecule has 0 amide bonds. The lowest BCUT2D eigenvalue weighted by molar-refractivity contribution is -0.00581. The van der Waals surface area contributed by atoms with E-state index in [1.54, 1.807) is 0 Å². The van der Waals surface area contributed by atoms with Gasteiger partial charge in [0.15, 0.2) is 0 Å². The van der Waals surface area contributed by atoms with E-state index in [0.29, 0.717) is 12.0 Å². The Hall–Kier alpha value is -0.120. The highest BCUT2D eigenvalue weighted by Gasteiger charge is 2.20. The molecule has 1 rings (SSSR count). The molecule has 1 heterocycles. The van der Waals surface area contributed by atoms with Gasteiger partial charge < -0.3 is 14.8 Å². The van der Waals surface area contributed by atoms with E-state index in [9.17, 15) is 0 Å². The molecule has 3 nitrogen and oxygen atoms in total. The Morgan fingerprint density at radius 2 is 2.21 bits per heavy atom. The maximum absolute atomic E-state index is 5.80. The van der Waals surface area contributed by atoms with Crippen LogP contribution in [-0.2, 0) is 9.47 Å². The summed E-state index contributed by atoms with van der Waals surface area (Å²) < 4.78 is 11.1. The fourth-order valence-electron chi connectivity index (χ4n) is 1.72. The summed E-state index contributed by atoms with van der Waals surface area (Å²) in [5, 5.41) is 3.36. The van der Waals surface area contributed by atoms with Crippen molar-refractivity contribution in [2.24, 2.45) is 5.92 Å². The van der Waals surface area contributed by atoms with Crippen molar-refractivity contribution in [1.82, 2.24) is 5.32 Å². The molecule has 14 heavy (non-hydrogen) atoms. The lowest BCUT2D eigenvalue weighted by Gasteiger charge is -2.29. The van der Waals surface area contributed by atoms with Gasteiger partial charge >= 0.3 is 0 Å². The summed E-state index contributed by atoms with van der Waals surface area (Å²) in [6.07, 6.45) is 2.65. The van der Waals surface area contributed by atoms with Crippen LogP contribution in [0.25, 0.3) is 0 Å². The van der Waals surface area contributed by atoms with Gasteiger partial charge in [0, 0.05) is 26.4 Å².